The van der Waals surface area contributed by atoms with Gasteiger partial charge in [0.1, 0.15) is 0 Å². The Morgan fingerprint density at radius 3 is 2.73 bits per heavy atom. The van der Waals surface area contributed by atoms with Crippen LogP contribution >= 0.6 is 0 Å². The van der Waals surface area contributed by atoms with Crippen molar-refractivity contribution in [2.75, 3.05) is 5.32 Å². The monoisotopic (exact) mass is 203 g/mol. The lowest BCUT2D eigenvalue weighted by atomic mass is 10.0. The third-order valence-corrected chi connectivity index (χ3v) is 2.29. The van der Waals surface area contributed by atoms with Gasteiger partial charge < -0.3 is 5.32 Å². The van der Waals surface area contributed by atoms with E-state index in [1.54, 1.807) is 0 Å². The van der Waals surface area contributed by atoms with E-state index in [0.717, 1.165) is 18.5 Å². The van der Waals surface area contributed by atoms with E-state index in [9.17, 15) is 4.79 Å². The lowest BCUT2D eigenvalue weighted by Crippen LogP contribution is -2.20. The summed E-state index contributed by atoms with van der Waals surface area (Å²) >= 11 is 0. The molecule has 0 radical (unpaired) electrons. The van der Waals surface area contributed by atoms with Gasteiger partial charge in [-0.2, -0.15) is 0 Å². The lowest BCUT2D eigenvalue weighted by molar-refractivity contribution is -0.119. The number of hydrogen-bond acceptors (Lipinski definition) is 1. The van der Waals surface area contributed by atoms with Gasteiger partial charge in [-0.3, -0.25) is 4.79 Å². The fourth-order valence-corrected chi connectivity index (χ4v) is 1.29. The molecule has 0 bridgehead atoms. The molecule has 0 fully saturated rings. The van der Waals surface area contributed by atoms with Gasteiger partial charge in [-0.1, -0.05) is 31.2 Å². The molecule has 15 heavy (non-hydrogen) atoms. The summed E-state index contributed by atoms with van der Waals surface area (Å²) in [5, 5.41) is 2.88. The standard InChI is InChI=1S/C13H17NO/c1-3-4-8-11(2)13(15)14-12-9-6-5-7-10-12/h3,5-7,9-11H,1,4,8H2,2H3,(H,14,15). The molecule has 1 amide bonds. The smallest absolute Gasteiger partial charge is 0.227 e. The van der Waals surface area contributed by atoms with Gasteiger partial charge in [0.25, 0.3) is 0 Å². The first-order valence-electron chi connectivity index (χ1n) is 5.21. The number of hydrogen-bond donors (Lipinski definition) is 1. The first-order chi connectivity index (χ1) is 7.24. The number of benzene rings is 1. The Balaban J connectivity index is 2.45. The average molecular weight is 203 g/mol. The molecule has 2 heteroatoms. The van der Waals surface area contributed by atoms with Gasteiger partial charge in [0, 0.05) is 11.6 Å². The van der Waals surface area contributed by atoms with Crippen molar-refractivity contribution in [3.63, 3.8) is 0 Å². The van der Waals surface area contributed by atoms with E-state index in [-0.39, 0.29) is 11.8 Å². The van der Waals surface area contributed by atoms with Crippen LogP contribution in [0.4, 0.5) is 5.69 Å². The highest BCUT2D eigenvalue weighted by Gasteiger charge is 2.11. The zero-order valence-electron chi connectivity index (χ0n) is 9.07. The third kappa shape index (κ3) is 3.98. The van der Waals surface area contributed by atoms with Gasteiger partial charge in [-0.15, -0.1) is 6.58 Å². The first kappa shape index (κ1) is 11.5. The van der Waals surface area contributed by atoms with E-state index in [0.29, 0.717) is 0 Å². The topological polar surface area (TPSA) is 29.1 Å². The highest BCUT2D eigenvalue weighted by molar-refractivity contribution is 5.92. The molecule has 1 atom stereocenters. The van der Waals surface area contributed by atoms with Crippen molar-refractivity contribution in [2.24, 2.45) is 5.92 Å². The van der Waals surface area contributed by atoms with E-state index in [1.807, 2.05) is 43.3 Å². The Bertz CT molecular complexity index is 319. The highest BCUT2D eigenvalue weighted by atomic mass is 16.1. The van der Waals surface area contributed by atoms with Gasteiger partial charge in [0.2, 0.25) is 5.91 Å². The Labute approximate surface area is 91.0 Å². The minimum atomic E-state index is 0.0307. The zero-order valence-corrected chi connectivity index (χ0v) is 9.07. The molecule has 0 aliphatic rings. The van der Waals surface area contributed by atoms with Crippen LogP contribution in [-0.2, 0) is 4.79 Å². The Kier molecular flexibility index (Phi) is 4.61. The minimum Gasteiger partial charge on any atom is -0.326 e. The number of allylic oxidation sites excluding steroid dienone is 1. The van der Waals surface area contributed by atoms with Gasteiger partial charge >= 0.3 is 0 Å². The van der Waals surface area contributed by atoms with Gasteiger partial charge in [0.15, 0.2) is 0 Å². The summed E-state index contributed by atoms with van der Waals surface area (Å²) in [7, 11) is 0. The van der Waals surface area contributed by atoms with Crippen LogP contribution in [0.5, 0.6) is 0 Å². The maximum absolute atomic E-state index is 11.7. The predicted octanol–water partition coefficient (Wildman–Crippen LogP) is 3.23. The lowest BCUT2D eigenvalue weighted by Gasteiger charge is -2.10. The number of amides is 1. The van der Waals surface area contributed by atoms with E-state index >= 15 is 0 Å². The highest BCUT2D eigenvalue weighted by Crippen LogP contribution is 2.11. The quantitative estimate of drug-likeness (QED) is 0.731. The van der Waals surface area contributed by atoms with E-state index < -0.39 is 0 Å². The molecular weight excluding hydrogens is 186 g/mol. The first-order valence-corrected chi connectivity index (χ1v) is 5.21. The third-order valence-electron chi connectivity index (χ3n) is 2.29. The number of carbonyl (C=O) groups is 1. The van der Waals surface area contributed by atoms with Gasteiger partial charge in [-0.05, 0) is 25.0 Å². The zero-order chi connectivity index (χ0) is 11.1. The second kappa shape index (κ2) is 6.02. The number of anilines is 1. The van der Waals surface area contributed by atoms with Crippen molar-refractivity contribution in [2.45, 2.75) is 19.8 Å². The van der Waals surface area contributed by atoms with Crippen molar-refractivity contribution >= 4 is 11.6 Å². The normalized spacial score (nSPS) is 11.8. The van der Waals surface area contributed by atoms with E-state index in [4.69, 9.17) is 0 Å². The molecule has 1 rings (SSSR count). The van der Waals surface area contributed by atoms with Crippen LogP contribution in [0.1, 0.15) is 19.8 Å². The van der Waals surface area contributed by atoms with Gasteiger partial charge in [0.05, 0.1) is 0 Å². The molecule has 0 aliphatic heterocycles. The summed E-state index contributed by atoms with van der Waals surface area (Å²) in [5.41, 5.74) is 0.855. The van der Waals surface area contributed by atoms with Crippen LogP contribution in [0.3, 0.4) is 0 Å². The predicted molar refractivity (Wildman–Crippen MR) is 63.7 cm³/mol. The SMILES string of the molecule is C=CCCC(C)C(=O)Nc1ccccc1. The maximum atomic E-state index is 11.7. The molecule has 0 saturated heterocycles. The molecule has 0 aromatic heterocycles. The maximum Gasteiger partial charge on any atom is 0.227 e. The van der Waals surface area contributed by atoms with Crippen molar-refractivity contribution in [1.82, 2.24) is 0 Å². The molecule has 1 N–H and O–H groups in total. The Morgan fingerprint density at radius 2 is 2.13 bits per heavy atom. The summed E-state index contributed by atoms with van der Waals surface area (Å²) in [6.45, 7) is 5.58. The van der Waals surface area contributed by atoms with Crippen molar-refractivity contribution < 1.29 is 4.79 Å². The largest absolute Gasteiger partial charge is 0.326 e. The molecule has 1 aromatic rings. The second-order valence-corrected chi connectivity index (χ2v) is 3.62. The number of rotatable bonds is 5. The van der Waals surface area contributed by atoms with Crippen LogP contribution in [0.15, 0.2) is 43.0 Å². The Hall–Kier alpha value is -1.57. The average Bonchev–Trinajstić information content (AvgIpc) is 2.27. The van der Waals surface area contributed by atoms with Crippen LogP contribution in [0, 0.1) is 5.92 Å². The fourth-order valence-electron chi connectivity index (χ4n) is 1.29. The number of para-hydroxylation sites is 1. The van der Waals surface area contributed by atoms with Crippen LogP contribution in [-0.4, -0.2) is 5.91 Å². The summed E-state index contributed by atoms with van der Waals surface area (Å²) < 4.78 is 0. The molecule has 2 nitrogen and oxygen atoms in total. The van der Waals surface area contributed by atoms with E-state index in [1.165, 1.54) is 0 Å². The molecule has 0 spiro atoms. The van der Waals surface area contributed by atoms with Crippen LogP contribution < -0.4 is 5.32 Å². The van der Waals surface area contributed by atoms with Crippen molar-refractivity contribution in [3.05, 3.63) is 43.0 Å². The minimum absolute atomic E-state index is 0.0307. The molecule has 80 valence electrons. The molecule has 0 heterocycles. The summed E-state index contributed by atoms with van der Waals surface area (Å²) in [4.78, 5) is 11.7. The summed E-state index contributed by atoms with van der Waals surface area (Å²) in [5.74, 6) is 0.103. The Morgan fingerprint density at radius 1 is 1.47 bits per heavy atom. The molecule has 1 unspecified atom stereocenters. The van der Waals surface area contributed by atoms with Crippen LogP contribution in [0.2, 0.25) is 0 Å². The van der Waals surface area contributed by atoms with Crippen LogP contribution in [0.25, 0.3) is 0 Å². The second-order valence-electron chi connectivity index (χ2n) is 3.62. The van der Waals surface area contributed by atoms with E-state index in [2.05, 4.69) is 11.9 Å². The fraction of sp³-hybridized carbons (Fsp3) is 0.308. The molecule has 0 saturated carbocycles. The van der Waals surface area contributed by atoms with Gasteiger partial charge in [-0.25, -0.2) is 0 Å². The number of carbonyl (C=O) groups excluding carboxylic acids is 1. The number of nitrogens with one attached hydrogen (secondary N) is 1. The molecule has 0 aliphatic carbocycles. The van der Waals surface area contributed by atoms with Crippen molar-refractivity contribution in [1.29, 1.82) is 0 Å². The van der Waals surface area contributed by atoms with Crippen molar-refractivity contribution in [3.8, 4) is 0 Å². The summed E-state index contributed by atoms with van der Waals surface area (Å²) in [6, 6.07) is 9.51. The molecule has 1 aromatic carbocycles. The summed E-state index contributed by atoms with van der Waals surface area (Å²) in [6.07, 6.45) is 3.57. The molecular formula is C13H17NO.